The van der Waals surface area contributed by atoms with Crippen LogP contribution >= 0.6 is 0 Å². The molecule has 0 radical (unpaired) electrons. The largest absolute Gasteiger partial charge is 0.492 e. The standard InChI is InChI=1S/C21H26FN3O2/c22-20-9-5-4-6-18(20)16-23-21(26)17-25-12-10-24(11-13-25)14-15-27-19-7-2-1-3-8-19/h1-9H,10-17H2,(H,23,26). The summed E-state index contributed by atoms with van der Waals surface area (Å²) >= 11 is 0. The van der Waals surface area contributed by atoms with Gasteiger partial charge < -0.3 is 10.1 Å². The van der Waals surface area contributed by atoms with Crippen LogP contribution in [0.25, 0.3) is 0 Å². The van der Waals surface area contributed by atoms with Gasteiger partial charge in [0.2, 0.25) is 5.91 Å². The van der Waals surface area contributed by atoms with Crippen LogP contribution in [0, 0.1) is 5.82 Å². The minimum absolute atomic E-state index is 0.0703. The second-order valence-corrected chi connectivity index (χ2v) is 6.65. The average molecular weight is 371 g/mol. The van der Waals surface area contributed by atoms with Crippen LogP contribution in [-0.2, 0) is 11.3 Å². The maximum Gasteiger partial charge on any atom is 0.234 e. The fraction of sp³-hybridized carbons (Fsp3) is 0.381. The molecule has 1 amide bonds. The molecule has 1 aliphatic heterocycles. The Labute approximate surface area is 159 Å². The highest BCUT2D eigenvalue weighted by Gasteiger charge is 2.18. The molecule has 3 rings (SSSR count). The van der Waals surface area contributed by atoms with Crippen molar-refractivity contribution >= 4 is 5.91 Å². The monoisotopic (exact) mass is 371 g/mol. The summed E-state index contributed by atoms with van der Waals surface area (Å²) in [5.41, 5.74) is 0.508. The van der Waals surface area contributed by atoms with E-state index >= 15 is 0 Å². The SMILES string of the molecule is O=C(CN1CCN(CCOc2ccccc2)CC1)NCc1ccccc1F. The lowest BCUT2D eigenvalue weighted by molar-refractivity contribution is -0.122. The Kier molecular flexibility index (Phi) is 7.19. The summed E-state index contributed by atoms with van der Waals surface area (Å²) in [6.07, 6.45) is 0. The molecule has 0 unspecified atom stereocenters. The van der Waals surface area contributed by atoms with Crippen LogP contribution in [0.15, 0.2) is 54.6 Å². The van der Waals surface area contributed by atoms with Crippen molar-refractivity contribution in [2.24, 2.45) is 0 Å². The second kappa shape index (κ2) is 10.0. The van der Waals surface area contributed by atoms with Gasteiger partial charge in [-0.15, -0.1) is 0 Å². The van der Waals surface area contributed by atoms with E-state index in [2.05, 4.69) is 15.1 Å². The molecule has 1 fully saturated rings. The first-order valence-electron chi connectivity index (χ1n) is 9.33. The number of para-hydroxylation sites is 1. The van der Waals surface area contributed by atoms with Gasteiger partial charge in [-0.2, -0.15) is 0 Å². The Morgan fingerprint density at radius 3 is 2.37 bits per heavy atom. The Balaban J connectivity index is 1.31. The number of carbonyl (C=O) groups is 1. The molecule has 27 heavy (non-hydrogen) atoms. The van der Waals surface area contributed by atoms with Gasteiger partial charge in [0.1, 0.15) is 18.2 Å². The highest BCUT2D eigenvalue weighted by molar-refractivity contribution is 5.78. The number of hydrogen-bond donors (Lipinski definition) is 1. The van der Waals surface area contributed by atoms with Gasteiger partial charge in [-0.3, -0.25) is 14.6 Å². The zero-order chi connectivity index (χ0) is 18.9. The van der Waals surface area contributed by atoms with E-state index < -0.39 is 0 Å². The molecule has 2 aromatic rings. The topological polar surface area (TPSA) is 44.8 Å². The van der Waals surface area contributed by atoms with Crippen LogP contribution < -0.4 is 10.1 Å². The fourth-order valence-corrected chi connectivity index (χ4v) is 3.07. The van der Waals surface area contributed by atoms with Crippen LogP contribution in [0.5, 0.6) is 5.75 Å². The first-order valence-corrected chi connectivity index (χ1v) is 9.33. The number of ether oxygens (including phenoxy) is 1. The normalized spacial score (nSPS) is 15.4. The minimum atomic E-state index is -0.288. The van der Waals surface area contributed by atoms with E-state index in [0.29, 0.717) is 18.7 Å². The number of carbonyl (C=O) groups excluding carboxylic acids is 1. The second-order valence-electron chi connectivity index (χ2n) is 6.65. The maximum absolute atomic E-state index is 13.6. The maximum atomic E-state index is 13.6. The lowest BCUT2D eigenvalue weighted by atomic mass is 10.2. The Morgan fingerprint density at radius 2 is 1.63 bits per heavy atom. The van der Waals surface area contributed by atoms with Crippen molar-refractivity contribution in [2.75, 3.05) is 45.9 Å². The summed E-state index contributed by atoms with van der Waals surface area (Å²) in [7, 11) is 0. The number of benzene rings is 2. The zero-order valence-electron chi connectivity index (χ0n) is 15.4. The Hall–Kier alpha value is -2.44. The molecule has 144 valence electrons. The number of rotatable bonds is 8. The molecule has 1 heterocycles. The first kappa shape index (κ1) is 19.3. The number of hydrogen-bond acceptors (Lipinski definition) is 4. The van der Waals surface area contributed by atoms with E-state index in [-0.39, 0.29) is 18.3 Å². The predicted octanol–water partition coefficient (Wildman–Crippen LogP) is 2.14. The first-order chi connectivity index (χ1) is 13.2. The van der Waals surface area contributed by atoms with E-state index in [1.54, 1.807) is 18.2 Å². The number of halogens is 1. The van der Waals surface area contributed by atoms with E-state index in [1.165, 1.54) is 6.07 Å². The Morgan fingerprint density at radius 1 is 0.963 bits per heavy atom. The molecule has 0 aromatic heterocycles. The van der Waals surface area contributed by atoms with Gasteiger partial charge in [0.15, 0.2) is 0 Å². The number of amides is 1. The summed E-state index contributed by atoms with van der Waals surface area (Å²) in [6, 6.07) is 16.3. The fourth-order valence-electron chi connectivity index (χ4n) is 3.07. The minimum Gasteiger partial charge on any atom is -0.492 e. The van der Waals surface area contributed by atoms with Crippen molar-refractivity contribution in [3.63, 3.8) is 0 Å². The summed E-state index contributed by atoms with van der Waals surface area (Å²) in [5.74, 6) is 0.533. The van der Waals surface area contributed by atoms with Crippen molar-refractivity contribution < 1.29 is 13.9 Å². The molecule has 1 N–H and O–H groups in total. The highest BCUT2D eigenvalue weighted by atomic mass is 19.1. The molecule has 0 atom stereocenters. The van der Waals surface area contributed by atoms with Crippen LogP contribution in [0.1, 0.15) is 5.56 Å². The van der Waals surface area contributed by atoms with E-state index in [0.717, 1.165) is 38.5 Å². The van der Waals surface area contributed by atoms with Crippen LogP contribution in [0.3, 0.4) is 0 Å². The molecule has 1 saturated heterocycles. The number of nitrogens with zero attached hydrogens (tertiary/aromatic N) is 2. The molecule has 0 bridgehead atoms. The van der Waals surface area contributed by atoms with Gasteiger partial charge >= 0.3 is 0 Å². The van der Waals surface area contributed by atoms with Gasteiger partial charge in [0.05, 0.1) is 6.54 Å². The molecule has 6 heteroatoms. The molecule has 2 aromatic carbocycles. The molecule has 5 nitrogen and oxygen atoms in total. The average Bonchev–Trinajstić information content (AvgIpc) is 2.69. The third kappa shape index (κ3) is 6.34. The van der Waals surface area contributed by atoms with Crippen molar-refractivity contribution in [2.45, 2.75) is 6.54 Å². The van der Waals surface area contributed by atoms with Crippen LogP contribution in [-0.4, -0.2) is 61.6 Å². The van der Waals surface area contributed by atoms with Crippen molar-refractivity contribution in [3.05, 3.63) is 66.0 Å². The molecule has 0 spiro atoms. The zero-order valence-corrected chi connectivity index (χ0v) is 15.4. The summed E-state index contributed by atoms with van der Waals surface area (Å²) in [6.45, 7) is 5.63. The molecular formula is C21H26FN3O2. The third-order valence-electron chi connectivity index (χ3n) is 4.69. The summed E-state index contributed by atoms with van der Waals surface area (Å²) < 4.78 is 19.3. The van der Waals surface area contributed by atoms with Gasteiger partial charge in [0.25, 0.3) is 0 Å². The van der Waals surface area contributed by atoms with E-state index in [1.807, 2.05) is 30.3 Å². The quantitative estimate of drug-likeness (QED) is 0.772. The van der Waals surface area contributed by atoms with Crippen LogP contribution in [0.4, 0.5) is 4.39 Å². The highest BCUT2D eigenvalue weighted by Crippen LogP contribution is 2.09. The summed E-state index contributed by atoms with van der Waals surface area (Å²) in [4.78, 5) is 16.6. The lowest BCUT2D eigenvalue weighted by Gasteiger charge is -2.34. The third-order valence-corrected chi connectivity index (χ3v) is 4.69. The van der Waals surface area contributed by atoms with Gasteiger partial charge in [-0.25, -0.2) is 4.39 Å². The number of piperazine rings is 1. The van der Waals surface area contributed by atoms with Gasteiger partial charge in [-0.1, -0.05) is 36.4 Å². The molecular weight excluding hydrogens is 345 g/mol. The van der Waals surface area contributed by atoms with Crippen molar-refractivity contribution in [3.8, 4) is 5.75 Å². The van der Waals surface area contributed by atoms with Gasteiger partial charge in [-0.05, 0) is 18.2 Å². The van der Waals surface area contributed by atoms with Crippen molar-refractivity contribution in [1.29, 1.82) is 0 Å². The van der Waals surface area contributed by atoms with Crippen molar-refractivity contribution in [1.82, 2.24) is 15.1 Å². The Bertz CT molecular complexity index is 718. The van der Waals surface area contributed by atoms with E-state index in [4.69, 9.17) is 4.74 Å². The molecule has 1 aliphatic rings. The smallest absolute Gasteiger partial charge is 0.234 e. The molecule has 0 saturated carbocycles. The lowest BCUT2D eigenvalue weighted by Crippen LogP contribution is -2.50. The van der Waals surface area contributed by atoms with E-state index in [9.17, 15) is 9.18 Å². The number of nitrogens with one attached hydrogen (secondary N) is 1. The molecule has 0 aliphatic carbocycles. The van der Waals surface area contributed by atoms with Crippen LogP contribution in [0.2, 0.25) is 0 Å². The summed E-state index contributed by atoms with van der Waals surface area (Å²) in [5, 5.41) is 2.80. The predicted molar refractivity (Wildman–Crippen MR) is 103 cm³/mol. The van der Waals surface area contributed by atoms with Gasteiger partial charge in [0, 0.05) is 44.8 Å².